The van der Waals surface area contributed by atoms with Gasteiger partial charge in [0.15, 0.2) is 0 Å². The van der Waals surface area contributed by atoms with Gasteiger partial charge in [0.25, 0.3) is 0 Å². The first-order valence-corrected chi connectivity index (χ1v) is 2.62. The largest absolute Gasteiger partial charge is 0.269 e. The Morgan fingerprint density at radius 3 is 1.55 bits per heavy atom. The lowest BCUT2D eigenvalue weighted by atomic mass is 10.4. The summed E-state index contributed by atoms with van der Waals surface area (Å²) in [5, 5.41) is 0. The molecule has 1 rings (SSSR count). The zero-order valence-electron chi connectivity index (χ0n) is 5.32. The highest BCUT2D eigenvalue weighted by atomic mass is 32.1. The van der Waals surface area contributed by atoms with Crippen LogP contribution >= 0.6 is 12.6 Å². The van der Waals surface area contributed by atoms with Crippen LogP contribution in [0.25, 0.3) is 0 Å². The summed E-state index contributed by atoms with van der Waals surface area (Å²) in [6.07, 6.45) is 0. The molecule has 0 bridgehead atoms. The maximum atomic E-state index is 12.0. The van der Waals surface area contributed by atoms with Gasteiger partial charge in [0, 0.05) is 4.90 Å². The molecule has 0 saturated carbocycles. The summed E-state index contributed by atoms with van der Waals surface area (Å²) < 4.78 is 12.0. The molecule has 0 fully saturated rings. The van der Waals surface area contributed by atoms with Crippen molar-refractivity contribution in [2.45, 2.75) is 4.90 Å². The van der Waals surface area contributed by atoms with Crippen LogP contribution in [0.15, 0.2) is 29.2 Å². The molecule has 1 aromatic carbocycles. The maximum Gasteiger partial charge on any atom is 0.123 e. The molecule has 0 nitrogen and oxygen atoms in total. The van der Waals surface area contributed by atoms with Gasteiger partial charge in [-0.2, -0.15) is 0 Å². The molecule has 1 aromatic rings. The average molecular weight is 187 g/mol. The van der Waals surface area contributed by atoms with Gasteiger partial charge in [-0.05, 0) is 24.3 Å². The molecule has 1 radical (unpaired) electrons. The Hall–Kier alpha value is -0.840. The van der Waals surface area contributed by atoms with E-state index in [0.717, 1.165) is 0 Å². The Labute approximate surface area is 66.9 Å². The fourth-order valence-electron chi connectivity index (χ4n) is 0.435. The Morgan fingerprint density at radius 1 is 0.909 bits per heavy atom. The number of hydrogen-bond donors (Lipinski definition) is 0. The monoisotopic (exact) mass is 187 g/mol. The third-order valence-corrected chi connectivity index (χ3v) is 1.09. The van der Waals surface area contributed by atoms with E-state index in [1.165, 1.54) is 12.1 Å². The summed E-state index contributed by atoms with van der Waals surface area (Å²) in [4.78, 5) is 0.673. The van der Waals surface area contributed by atoms with E-state index in [9.17, 15) is 4.39 Å². The lowest BCUT2D eigenvalue weighted by molar-refractivity contribution is 0.626. The smallest absolute Gasteiger partial charge is 0.123 e. The molecule has 0 N–H and O–H groups in total. The Morgan fingerprint density at radius 2 is 1.27 bits per heavy atom. The van der Waals surface area contributed by atoms with Crippen molar-refractivity contribution < 1.29 is 18.5 Å². The van der Waals surface area contributed by atoms with Crippen molar-refractivity contribution in [3.63, 3.8) is 0 Å². The molecule has 0 spiro atoms. The normalized spacial score (nSPS) is 6.64. The molecule has 11 heavy (non-hydrogen) atoms. The Bertz CT molecular complexity index is 153. The van der Waals surface area contributed by atoms with Gasteiger partial charge < -0.3 is 0 Å². The van der Waals surface area contributed by atoms with Gasteiger partial charge >= 0.3 is 0 Å². The molecule has 0 heterocycles. The Balaban J connectivity index is -0.000000213. The number of hydrogen-bond acceptors (Lipinski definition) is 0. The topological polar surface area (TPSA) is 0 Å². The Kier molecular flexibility index (Phi) is 11.0. The van der Waals surface area contributed by atoms with E-state index < -0.39 is 0 Å². The predicted octanol–water partition coefficient (Wildman–Crippen LogP) is 2.84. The van der Waals surface area contributed by atoms with Gasteiger partial charge in [0.2, 0.25) is 0 Å². The highest BCUT2D eigenvalue weighted by molar-refractivity contribution is 7.80. The molecule has 5 heteroatoms. The van der Waals surface area contributed by atoms with Gasteiger partial charge in [0.1, 0.15) is 5.82 Å². The molecular weight excluding hydrogens is 180 g/mol. The predicted molar refractivity (Wildman–Crippen MR) is 39.8 cm³/mol. The summed E-state index contributed by atoms with van der Waals surface area (Å²) in [6.45, 7) is 0. The summed E-state index contributed by atoms with van der Waals surface area (Å²) in [6, 6.07) is 5.82. The summed E-state index contributed by atoms with van der Waals surface area (Å²) >= 11 is 4.70. The van der Waals surface area contributed by atoms with Crippen LogP contribution in [0.4, 0.5) is 18.5 Å². The molecule has 0 aromatic heterocycles. The molecule has 65 valence electrons. The third-order valence-electron chi connectivity index (χ3n) is 0.814. The number of benzene rings is 1. The minimum atomic E-state index is -0.237. The van der Waals surface area contributed by atoms with E-state index in [1.54, 1.807) is 12.1 Å². The highest BCUT2D eigenvalue weighted by Gasteiger charge is 1.85. The molecule has 0 saturated heterocycles. The van der Waals surface area contributed by atoms with Crippen molar-refractivity contribution in [2.24, 2.45) is 0 Å². The second-order valence-electron chi connectivity index (χ2n) is 1.45. The second kappa shape index (κ2) is 7.27. The molecule has 0 aliphatic carbocycles. The maximum absolute atomic E-state index is 12.0. The minimum Gasteiger partial charge on any atom is -0.269 e. The molecule has 0 amide bonds. The molecular formula is C6H7F4S. The van der Waals surface area contributed by atoms with Crippen molar-refractivity contribution in [2.75, 3.05) is 0 Å². The highest BCUT2D eigenvalue weighted by Crippen LogP contribution is 2.04. The van der Waals surface area contributed by atoms with Gasteiger partial charge in [-0.3, -0.25) is 14.1 Å². The average Bonchev–Trinajstić information content (AvgIpc) is 1.77. The van der Waals surface area contributed by atoms with Crippen molar-refractivity contribution in [1.29, 1.82) is 0 Å². The SMILES string of the molecule is F.F.F.Fc1ccc([S])cc1. The van der Waals surface area contributed by atoms with Gasteiger partial charge in [0.05, 0.1) is 0 Å². The van der Waals surface area contributed by atoms with E-state index >= 15 is 0 Å². The fourth-order valence-corrected chi connectivity index (χ4v) is 0.571. The molecule has 0 atom stereocenters. The van der Waals surface area contributed by atoms with Gasteiger partial charge in [-0.1, -0.05) is 12.6 Å². The van der Waals surface area contributed by atoms with E-state index in [-0.39, 0.29) is 19.9 Å². The van der Waals surface area contributed by atoms with Crippen LogP contribution in [-0.2, 0) is 0 Å². The van der Waals surface area contributed by atoms with Crippen LogP contribution in [0.1, 0.15) is 0 Å². The van der Waals surface area contributed by atoms with Crippen LogP contribution < -0.4 is 0 Å². The first-order valence-electron chi connectivity index (χ1n) is 2.21. The number of halogens is 4. The first-order chi connectivity index (χ1) is 3.79. The second-order valence-corrected chi connectivity index (χ2v) is 1.93. The fraction of sp³-hybridized carbons (Fsp3) is 0. The van der Waals surface area contributed by atoms with Crippen LogP contribution in [-0.4, -0.2) is 0 Å². The van der Waals surface area contributed by atoms with Crippen molar-refractivity contribution in [3.05, 3.63) is 30.1 Å². The van der Waals surface area contributed by atoms with E-state index in [0.29, 0.717) is 4.90 Å². The number of rotatable bonds is 0. The van der Waals surface area contributed by atoms with Gasteiger partial charge in [-0.15, -0.1) is 0 Å². The molecule has 0 unspecified atom stereocenters. The van der Waals surface area contributed by atoms with E-state index in [4.69, 9.17) is 12.6 Å². The van der Waals surface area contributed by atoms with E-state index in [2.05, 4.69) is 0 Å². The first kappa shape index (κ1) is 16.6. The van der Waals surface area contributed by atoms with Crippen molar-refractivity contribution >= 4 is 12.6 Å². The van der Waals surface area contributed by atoms with Crippen LogP contribution in [0, 0.1) is 5.82 Å². The molecule has 0 aliphatic rings. The van der Waals surface area contributed by atoms with Crippen molar-refractivity contribution in [3.8, 4) is 0 Å². The van der Waals surface area contributed by atoms with E-state index in [1.807, 2.05) is 0 Å². The zero-order valence-corrected chi connectivity index (χ0v) is 6.14. The lowest BCUT2D eigenvalue weighted by Crippen LogP contribution is -1.68. The summed E-state index contributed by atoms with van der Waals surface area (Å²) in [7, 11) is 0. The third kappa shape index (κ3) is 5.60. The van der Waals surface area contributed by atoms with Gasteiger partial charge in [-0.25, -0.2) is 4.39 Å². The quantitative estimate of drug-likeness (QED) is 0.548. The molecule has 0 aliphatic heterocycles. The lowest BCUT2D eigenvalue weighted by Gasteiger charge is -1.85. The standard InChI is InChI=1S/C6H4FS.3FH/c7-5-1-3-6(8)4-2-5;;;/h1-4H;3*1H. The summed E-state index contributed by atoms with van der Waals surface area (Å²) in [5.41, 5.74) is 0. The summed E-state index contributed by atoms with van der Waals surface area (Å²) in [5.74, 6) is -0.237. The van der Waals surface area contributed by atoms with Crippen LogP contribution in [0.3, 0.4) is 0 Å². The van der Waals surface area contributed by atoms with Crippen LogP contribution in [0.5, 0.6) is 0 Å². The van der Waals surface area contributed by atoms with Crippen LogP contribution in [0.2, 0.25) is 0 Å². The zero-order chi connectivity index (χ0) is 5.98. The van der Waals surface area contributed by atoms with Crippen molar-refractivity contribution in [1.82, 2.24) is 0 Å². The minimum absolute atomic E-state index is 0.